The highest BCUT2D eigenvalue weighted by molar-refractivity contribution is 6.30. The van der Waals surface area contributed by atoms with Gasteiger partial charge in [-0.15, -0.1) is 0 Å². The maximum atomic E-state index is 13.7. The number of esters is 1. The second-order valence-electron chi connectivity index (χ2n) is 6.30. The van der Waals surface area contributed by atoms with E-state index >= 15 is 0 Å². The van der Waals surface area contributed by atoms with Crippen molar-refractivity contribution < 1.29 is 19.1 Å². The van der Waals surface area contributed by atoms with Crippen LogP contribution in [0.3, 0.4) is 0 Å². The van der Waals surface area contributed by atoms with Gasteiger partial charge in [0.2, 0.25) is 11.3 Å². The molecule has 0 saturated carbocycles. The van der Waals surface area contributed by atoms with Gasteiger partial charge in [0.1, 0.15) is 5.75 Å². The first-order valence-corrected chi connectivity index (χ1v) is 9.25. The third-order valence-electron chi connectivity index (χ3n) is 4.57. The van der Waals surface area contributed by atoms with Gasteiger partial charge in [-0.2, -0.15) is 0 Å². The number of Topliss-reactive ketones (excluding diaryl/α,β-unsaturated/α-hetero) is 1. The van der Waals surface area contributed by atoms with Crippen LogP contribution in [0.15, 0.2) is 78.9 Å². The lowest BCUT2D eigenvalue weighted by Gasteiger charge is -2.32. The van der Waals surface area contributed by atoms with Gasteiger partial charge in [-0.25, -0.2) is 4.79 Å². The fourth-order valence-electron chi connectivity index (χ4n) is 3.07. The Balaban J connectivity index is 2.17. The second kappa shape index (κ2) is 8.80. The summed E-state index contributed by atoms with van der Waals surface area (Å²) in [6.07, 6.45) is 0. The average Bonchev–Trinajstić information content (AvgIpc) is 2.78. The number of rotatable bonds is 7. The Kier molecular flexibility index (Phi) is 6.20. The van der Waals surface area contributed by atoms with Crippen LogP contribution >= 0.6 is 11.6 Å². The molecule has 1 N–H and O–H groups in total. The number of anilines is 1. The lowest BCUT2D eigenvalue weighted by molar-refractivity contribution is -0.144. The summed E-state index contributed by atoms with van der Waals surface area (Å²) in [5.41, 5.74) is -0.437. The lowest BCUT2D eigenvalue weighted by Crippen LogP contribution is -2.51. The van der Waals surface area contributed by atoms with Crippen LogP contribution in [0.4, 0.5) is 5.69 Å². The number of benzene rings is 3. The van der Waals surface area contributed by atoms with Crippen LogP contribution in [0.5, 0.6) is 5.75 Å². The SMILES string of the molecule is COC(=O)C(Nc1ccc(OC)cc1)(C(=O)c1ccc(Cl)cc1)c1ccccc1. The molecule has 29 heavy (non-hydrogen) atoms. The molecule has 0 amide bonds. The van der Waals surface area contributed by atoms with Gasteiger partial charge in [0.15, 0.2) is 0 Å². The zero-order valence-corrected chi connectivity index (χ0v) is 16.8. The molecule has 0 saturated heterocycles. The molecule has 148 valence electrons. The maximum Gasteiger partial charge on any atom is 0.344 e. The molecule has 3 aromatic rings. The molecule has 0 heterocycles. The number of carbonyl (C=O) groups excluding carboxylic acids is 2. The minimum atomic E-state index is -1.78. The molecular weight excluding hydrogens is 390 g/mol. The highest BCUT2D eigenvalue weighted by atomic mass is 35.5. The highest BCUT2D eigenvalue weighted by Gasteiger charge is 2.49. The molecule has 1 atom stereocenters. The first-order chi connectivity index (χ1) is 14.0. The summed E-state index contributed by atoms with van der Waals surface area (Å²) in [6.45, 7) is 0. The average molecular weight is 410 g/mol. The smallest absolute Gasteiger partial charge is 0.344 e. The van der Waals surface area contributed by atoms with Gasteiger partial charge in [-0.05, 0) is 54.1 Å². The Morgan fingerprint density at radius 2 is 1.48 bits per heavy atom. The Hall–Kier alpha value is -3.31. The van der Waals surface area contributed by atoms with Gasteiger partial charge in [0.05, 0.1) is 14.2 Å². The van der Waals surface area contributed by atoms with E-state index in [0.717, 1.165) is 0 Å². The van der Waals surface area contributed by atoms with Gasteiger partial charge >= 0.3 is 5.97 Å². The summed E-state index contributed by atoms with van der Waals surface area (Å²) < 4.78 is 10.3. The fraction of sp³-hybridized carbons (Fsp3) is 0.130. The molecule has 5 nitrogen and oxygen atoms in total. The molecule has 3 rings (SSSR count). The van der Waals surface area contributed by atoms with Crippen LogP contribution in [-0.4, -0.2) is 26.0 Å². The van der Waals surface area contributed by atoms with Crippen LogP contribution in [0.2, 0.25) is 5.02 Å². The zero-order valence-electron chi connectivity index (χ0n) is 16.0. The maximum absolute atomic E-state index is 13.7. The van der Waals surface area contributed by atoms with Crippen molar-refractivity contribution >= 4 is 29.0 Å². The Labute approximate surface area is 174 Å². The number of methoxy groups -OCH3 is 2. The van der Waals surface area contributed by atoms with Gasteiger partial charge < -0.3 is 14.8 Å². The summed E-state index contributed by atoms with van der Waals surface area (Å²) in [7, 11) is 2.82. The zero-order chi connectivity index (χ0) is 20.9. The van der Waals surface area contributed by atoms with Crippen molar-refractivity contribution in [1.29, 1.82) is 0 Å². The van der Waals surface area contributed by atoms with Crippen LogP contribution in [0, 0.1) is 0 Å². The van der Waals surface area contributed by atoms with E-state index in [9.17, 15) is 9.59 Å². The second-order valence-corrected chi connectivity index (χ2v) is 6.73. The van der Waals surface area contributed by atoms with E-state index in [-0.39, 0.29) is 0 Å². The van der Waals surface area contributed by atoms with Crippen molar-refractivity contribution in [3.05, 3.63) is 95.0 Å². The van der Waals surface area contributed by atoms with Crippen molar-refractivity contribution in [3.63, 3.8) is 0 Å². The molecule has 0 aromatic heterocycles. The van der Waals surface area contributed by atoms with Crippen molar-refractivity contribution in [2.45, 2.75) is 5.54 Å². The molecule has 6 heteroatoms. The third kappa shape index (κ3) is 4.10. The van der Waals surface area contributed by atoms with Gasteiger partial charge in [0, 0.05) is 16.3 Å². The standard InChI is InChI=1S/C23H20ClNO4/c1-28-20-14-12-19(13-15-20)25-23(22(27)29-2,17-6-4-3-5-7-17)21(26)16-8-10-18(24)11-9-16/h3-15,25H,1-2H3. The Morgan fingerprint density at radius 3 is 2.03 bits per heavy atom. The predicted octanol–water partition coefficient (Wildman–Crippen LogP) is 4.71. The van der Waals surface area contributed by atoms with E-state index in [2.05, 4.69) is 5.32 Å². The van der Waals surface area contributed by atoms with Crippen LogP contribution in [0.25, 0.3) is 0 Å². The number of hydrogen-bond donors (Lipinski definition) is 1. The van der Waals surface area contributed by atoms with E-state index in [1.54, 1.807) is 79.9 Å². The molecule has 3 aromatic carbocycles. The summed E-state index contributed by atoms with van der Waals surface area (Å²) in [5, 5.41) is 3.60. The minimum absolute atomic E-state index is 0.324. The van der Waals surface area contributed by atoms with Crippen LogP contribution in [0.1, 0.15) is 15.9 Å². The first kappa shape index (κ1) is 20.4. The van der Waals surface area contributed by atoms with Crippen molar-refractivity contribution in [2.75, 3.05) is 19.5 Å². The van der Waals surface area contributed by atoms with E-state index in [1.165, 1.54) is 7.11 Å². The largest absolute Gasteiger partial charge is 0.497 e. The lowest BCUT2D eigenvalue weighted by atomic mass is 9.82. The van der Waals surface area contributed by atoms with Gasteiger partial charge in [-0.3, -0.25) is 4.79 Å². The van der Waals surface area contributed by atoms with Crippen molar-refractivity contribution in [2.24, 2.45) is 0 Å². The van der Waals surface area contributed by atoms with Gasteiger partial charge in [-0.1, -0.05) is 41.9 Å². The summed E-state index contributed by atoms with van der Waals surface area (Å²) in [6, 6.07) is 22.1. The summed E-state index contributed by atoms with van der Waals surface area (Å²) in [5.74, 6) is -0.523. The summed E-state index contributed by atoms with van der Waals surface area (Å²) >= 11 is 5.97. The molecule has 0 radical (unpaired) electrons. The predicted molar refractivity (Wildman–Crippen MR) is 113 cm³/mol. The number of hydrogen-bond acceptors (Lipinski definition) is 5. The minimum Gasteiger partial charge on any atom is -0.497 e. The number of halogens is 1. The number of nitrogens with one attached hydrogen (secondary N) is 1. The number of carbonyl (C=O) groups is 2. The van der Waals surface area contributed by atoms with Crippen molar-refractivity contribution in [3.8, 4) is 5.75 Å². The Morgan fingerprint density at radius 1 is 0.862 bits per heavy atom. The number of ketones is 1. The van der Waals surface area contributed by atoms with Crippen molar-refractivity contribution in [1.82, 2.24) is 0 Å². The molecule has 0 spiro atoms. The van der Waals surface area contributed by atoms with E-state index in [0.29, 0.717) is 27.6 Å². The molecule has 0 aliphatic carbocycles. The van der Waals surface area contributed by atoms with Crippen LogP contribution in [-0.2, 0) is 15.1 Å². The van der Waals surface area contributed by atoms with E-state index < -0.39 is 17.3 Å². The van der Waals surface area contributed by atoms with E-state index in [1.807, 2.05) is 6.07 Å². The molecule has 0 bridgehead atoms. The molecular formula is C23H20ClNO4. The molecule has 0 aliphatic heterocycles. The summed E-state index contributed by atoms with van der Waals surface area (Å²) in [4.78, 5) is 26.8. The molecule has 1 unspecified atom stereocenters. The van der Waals surface area contributed by atoms with Crippen LogP contribution < -0.4 is 10.1 Å². The quantitative estimate of drug-likeness (QED) is 0.348. The Bertz CT molecular complexity index is 988. The highest BCUT2D eigenvalue weighted by Crippen LogP contribution is 2.33. The topological polar surface area (TPSA) is 64.6 Å². The number of ether oxygens (including phenoxy) is 2. The molecule has 0 fully saturated rings. The van der Waals surface area contributed by atoms with E-state index in [4.69, 9.17) is 21.1 Å². The monoisotopic (exact) mass is 409 g/mol. The third-order valence-corrected chi connectivity index (χ3v) is 4.82. The fourth-order valence-corrected chi connectivity index (χ4v) is 3.20. The van der Waals surface area contributed by atoms with Gasteiger partial charge in [0.25, 0.3) is 0 Å². The molecule has 0 aliphatic rings. The first-order valence-electron chi connectivity index (χ1n) is 8.88. The normalized spacial score (nSPS) is 12.5.